The monoisotopic (exact) mass is 366 g/mol. The van der Waals surface area contributed by atoms with Crippen LogP contribution in [0.25, 0.3) is 5.69 Å². The maximum absolute atomic E-state index is 12.2. The highest BCUT2D eigenvalue weighted by atomic mass is 16.5. The SMILES string of the molecule is COc1ccc(CCCNC(=O)c2cn(-c3ccccc3)nn2)cc1OC. The van der Waals surface area contributed by atoms with Crippen LogP contribution in [0.15, 0.2) is 54.7 Å². The highest BCUT2D eigenvalue weighted by molar-refractivity contribution is 5.91. The zero-order chi connectivity index (χ0) is 19.1. The lowest BCUT2D eigenvalue weighted by atomic mass is 10.1. The van der Waals surface area contributed by atoms with Crippen LogP contribution in [-0.4, -0.2) is 41.7 Å². The minimum Gasteiger partial charge on any atom is -0.493 e. The van der Waals surface area contributed by atoms with Gasteiger partial charge in [0.2, 0.25) is 0 Å². The van der Waals surface area contributed by atoms with Gasteiger partial charge in [-0.2, -0.15) is 0 Å². The second kappa shape index (κ2) is 8.84. The van der Waals surface area contributed by atoms with Gasteiger partial charge in [-0.05, 0) is 42.7 Å². The molecule has 7 heteroatoms. The Morgan fingerprint density at radius 1 is 1.07 bits per heavy atom. The van der Waals surface area contributed by atoms with Crippen molar-refractivity contribution in [3.8, 4) is 17.2 Å². The molecule has 0 saturated heterocycles. The first-order valence-corrected chi connectivity index (χ1v) is 8.68. The highest BCUT2D eigenvalue weighted by Crippen LogP contribution is 2.27. The molecule has 1 aromatic heterocycles. The first kappa shape index (κ1) is 18.4. The van der Waals surface area contributed by atoms with E-state index in [1.165, 1.54) is 0 Å². The summed E-state index contributed by atoms with van der Waals surface area (Å²) in [7, 11) is 3.23. The van der Waals surface area contributed by atoms with Crippen molar-refractivity contribution in [2.75, 3.05) is 20.8 Å². The Bertz CT molecular complexity index is 893. The second-order valence-corrected chi connectivity index (χ2v) is 5.93. The minimum atomic E-state index is -0.232. The van der Waals surface area contributed by atoms with Crippen molar-refractivity contribution in [3.05, 3.63) is 66.0 Å². The van der Waals surface area contributed by atoms with E-state index >= 15 is 0 Å². The number of nitrogens with one attached hydrogen (secondary N) is 1. The Balaban J connectivity index is 1.50. The van der Waals surface area contributed by atoms with Gasteiger partial charge < -0.3 is 14.8 Å². The Labute approximate surface area is 157 Å². The van der Waals surface area contributed by atoms with E-state index < -0.39 is 0 Å². The largest absolute Gasteiger partial charge is 0.493 e. The summed E-state index contributed by atoms with van der Waals surface area (Å²) in [6.45, 7) is 0.547. The molecular weight excluding hydrogens is 344 g/mol. The van der Waals surface area contributed by atoms with Gasteiger partial charge in [-0.25, -0.2) is 4.68 Å². The predicted octanol–water partition coefficient (Wildman–Crippen LogP) is 2.65. The van der Waals surface area contributed by atoms with Gasteiger partial charge in [0.05, 0.1) is 26.1 Å². The maximum atomic E-state index is 12.2. The third-order valence-corrected chi connectivity index (χ3v) is 4.12. The predicted molar refractivity (Wildman–Crippen MR) is 102 cm³/mol. The average Bonchev–Trinajstić information content (AvgIpc) is 3.22. The Kier molecular flexibility index (Phi) is 6.04. The van der Waals surface area contributed by atoms with E-state index in [1.54, 1.807) is 25.1 Å². The van der Waals surface area contributed by atoms with E-state index in [0.29, 0.717) is 23.7 Å². The lowest BCUT2D eigenvalue weighted by Crippen LogP contribution is -2.25. The number of hydrogen-bond donors (Lipinski definition) is 1. The van der Waals surface area contributed by atoms with Crippen LogP contribution in [-0.2, 0) is 6.42 Å². The molecule has 0 spiro atoms. The molecular formula is C20H22N4O3. The van der Waals surface area contributed by atoms with Gasteiger partial charge in [0, 0.05) is 6.54 Å². The summed E-state index contributed by atoms with van der Waals surface area (Å²) >= 11 is 0. The number of carbonyl (C=O) groups excluding carboxylic acids is 1. The quantitative estimate of drug-likeness (QED) is 0.620. The lowest BCUT2D eigenvalue weighted by molar-refractivity contribution is 0.0948. The summed E-state index contributed by atoms with van der Waals surface area (Å²) < 4.78 is 12.1. The number of ether oxygens (including phenoxy) is 2. The lowest BCUT2D eigenvalue weighted by Gasteiger charge is -2.09. The number of hydrogen-bond acceptors (Lipinski definition) is 5. The Morgan fingerprint density at radius 2 is 1.85 bits per heavy atom. The van der Waals surface area contributed by atoms with Gasteiger partial charge in [0.1, 0.15) is 0 Å². The summed E-state index contributed by atoms with van der Waals surface area (Å²) in [5.41, 5.74) is 2.28. The van der Waals surface area contributed by atoms with Crippen LogP contribution in [0.1, 0.15) is 22.5 Å². The Hall–Kier alpha value is -3.35. The number of nitrogens with zero attached hydrogens (tertiary/aromatic N) is 3. The van der Waals surface area contributed by atoms with Crippen LogP contribution >= 0.6 is 0 Å². The van der Waals surface area contributed by atoms with Crippen molar-refractivity contribution in [2.24, 2.45) is 0 Å². The molecule has 0 bridgehead atoms. The first-order chi connectivity index (χ1) is 13.2. The molecule has 1 heterocycles. The van der Waals surface area contributed by atoms with Gasteiger partial charge in [-0.15, -0.1) is 5.10 Å². The summed E-state index contributed by atoms with van der Waals surface area (Å²) in [4.78, 5) is 12.2. The molecule has 0 aliphatic carbocycles. The van der Waals surface area contributed by atoms with E-state index in [0.717, 1.165) is 24.1 Å². The molecule has 1 N–H and O–H groups in total. The van der Waals surface area contributed by atoms with Gasteiger partial charge in [0.25, 0.3) is 5.91 Å². The molecule has 0 radical (unpaired) electrons. The zero-order valence-corrected chi connectivity index (χ0v) is 15.4. The zero-order valence-electron chi connectivity index (χ0n) is 15.4. The minimum absolute atomic E-state index is 0.232. The number of methoxy groups -OCH3 is 2. The molecule has 3 aromatic rings. The molecule has 0 aliphatic rings. The number of carbonyl (C=O) groups is 1. The molecule has 140 valence electrons. The van der Waals surface area contributed by atoms with Crippen LogP contribution < -0.4 is 14.8 Å². The third-order valence-electron chi connectivity index (χ3n) is 4.12. The fraction of sp³-hybridized carbons (Fsp3) is 0.250. The van der Waals surface area contributed by atoms with Crippen molar-refractivity contribution in [2.45, 2.75) is 12.8 Å². The van der Waals surface area contributed by atoms with Crippen LogP contribution in [0, 0.1) is 0 Å². The average molecular weight is 366 g/mol. The van der Waals surface area contributed by atoms with Crippen molar-refractivity contribution < 1.29 is 14.3 Å². The molecule has 27 heavy (non-hydrogen) atoms. The fourth-order valence-electron chi connectivity index (χ4n) is 2.70. The van der Waals surface area contributed by atoms with Gasteiger partial charge in [0.15, 0.2) is 17.2 Å². The second-order valence-electron chi connectivity index (χ2n) is 5.93. The van der Waals surface area contributed by atoms with Crippen LogP contribution in [0.4, 0.5) is 0 Å². The van der Waals surface area contributed by atoms with Crippen molar-refractivity contribution in [1.29, 1.82) is 0 Å². The molecule has 0 saturated carbocycles. The summed E-state index contributed by atoms with van der Waals surface area (Å²) in [5.74, 6) is 1.18. The van der Waals surface area contributed by atoms with E-state index in [-0.39, 0.29) is 5.91 Å². The van der Waals surface area contributed by atoms with Crippen LogP contribution in [0.3, 0.4) is 0 Å². The molecule has 0 aliphatic heterocycles. The third kappa shape index (κ3) is 4.63. The molecule has 0 atom stereocenters. The van der Waals surface area contributed by atoms with Gasteiger partial charge in [-0.1, -0.05) is 29.5 Å². The van der Waals surface area contributed by atoms with Crippen LogP contribution in [0.5, 0.6) is 11.5 Å². The van der Waals surface area contributed by atoms with E-state index in [2.05, 4.69) is 15.6 Å². The molecule has 0 unspecified atom stereocenters. The molecule has 0 fully saturated rings. The van der Waals surface area contributed by atoms with Crippen molar-refractivity contribution in [1.82, 2.24) is 20.3 Å². The smallest absolute Gasteiger partial charge is 0.273 e. The molecule has 2 aromatic carbocycles. The summed E-state index contributed by atoms with van der Waals surface area (Å²) in [5, 5.41) is 10.8. The highest BCUT2D eigenvalue weighted by Gasteiger charge is 2.11. The number of aromatic nitrogens is 3. The first-order valence-electron chi connectivity index (χ1n) is 8.68. The topological polar surface area (TPSA) is 78.3 Å². The van der Waals surface area contributed by atoms with Gasteiger partial charge >= 0.3 is 0 Å². The number of amides is 1. The van der Waals surface area contributed by atoms with Crippen molar-refractivity contribution >= 4 is 5.91 Å². The summed E-state index contributed by atoms with van der Waals surface area (Å²) in [6, 6.07) is 15.4. The molecule has 1 amide bonds. The fourth-order valence-corrected chi connectivity index (χ4v) is 2.70. The molecule has 7 nitrogen and oxygen atoms in total. The number of para-hydroxylation sites is 1. The van der Waals surface area contributed by atoms with Crippen molar-refractivity contribution in [3.63, 3.8) is 0 Å². The van der Waals surface area contributed by atoms with Gasteiger partial charge in [-0.3, -0.25) is 4.79 Å². The number of benzene rings is 2. The molecule has 3 rings (SSSR count). The van der Waals surface area contributed by atoms with Crippen LogP contribution in [0.2, 0.25) is 0 Å². The Morgan fingerprint density at radius 3 is 2.59 bits per heavy atom. The van der Waals surface area contributed by atoms with E-state index in [4.69, 9.17) is 9.47 Å². The summed E-state index contributed by atoms with van der Waals surface area (Å²) in [6.07, 6.45) is 3.24. The maximum Gasteiger partial charge on any atom is 0.273 e. The normalized spacial score (nSPS) is 10.4. The number of aryl methyl sites for hydroxylation is 1. The van der Waals surface area contributed by atoms with E-state index in [1.807, 2.05) is 48.5 Å². The van der Waals surface area contributed by atoms with E-state index in [9.17, 15) is 4.79 Å². The standard InChI is InChI=1S/C20H22N4O3/c1-26-18-11-10-15(13-19(18)27-2)7-6-12-21-20(25)17-14-24(23-22-17)16-8-4-3-5-9-16/h3-5,8-11,13-14H,6-7,12H2,1-2H3,(H,21,25). The number of rotatable bonds is 8.